The molecule has 5 nitrogen and oxygen atoms in total. The van der Waals surface area contributed by atoms with E-state index in [0.717, 1.165) is 27.6 Å². The molecule has 0 atom stereocenters. The van der Waals surface area contributed by atoms with Gasteiger partial charge in [-0.15, -0.1) is 11.3 Å². The minimum Gasteiger partial charge on any atom is -0.323 e. The maximum absolute atomic E-state index is 13.3. The van der Waals surface area contributed by atoms with Crippen LogP contribution in [-0.4, -0.2) is 23.5 Å². The number of hydrogen-bond donors (Lipinski definition) is 1. The summed E-state index contributed by atoms with van der Waals surface area (Å²) in [4.78, 5) is 4.43. The lowest BCUT2D eigenvalue weighted by Crippen LogP contribution is -2.40. The van der Waals surface area contributed by atoms with Crippen LogP contribution in [0.2, 0.25) is 0 Å². The van der Waals surface area contributed by atoms with Crippen molar-refractivity contribution in [3.63, 3.8) is 0 Å². The molecule has 0 saturated heterocycles. The molecule has 3 rings (SSSR count). The molecular formula is C24H30F3N3O2S2. The molecule has 1 N–H and O–H groups in total. The zero-order valence-electron chi connectivity index (χ0n) is 20.1. The lowest BCUT2D eigenvalue weighted by atomic mass is 9.99. The third-order valence-corrected chi connectivity index (χ3v) is 8.65. The fourth-order valence-electron chi connectivity index (χ4n) is 3.74. The summed E-state index contributed by atoms with van der Waals surface area (Å²) < 4.78 is 70.0. The van der Waals surface area contributed by atoms with Gasteiger partial charge in [0.2, 0.25) is 5.82 Å². The first-order valence-corrected chi connectivity index (χ1v) is 13.2. The number of halogens is 3. The van der Waals surface area contributed by atoms with Gasteiger partial charge in [0.05, 0.1) is 0 Å². The van der Waals surface area contributed by atoms with Gasteiger partial charge in [0, 0.05) is 34.9 Å². The van der Waals surface area contributed by atoms with Gasteiger partial charge in [-0.1, -0.05) is 38.1 Å². The fourth-order valence-corrected chi connectivity index (χ4v) is 7.31. The smallest absolute Gasteiger partial charge is 0.323 e. The predicted molar refractivity (Wildman–Crippen MR) is 129 cm³/mol. The van der Waals surface area contributed by atoms with Crippen LogP contribution in [0.5, 0.6) is 0 Å². The Hall–Kier alpha value is -2.17. The molecule has 0 spiro atoms. The van der Waals surface area contributed by atoms with E-state index in [1.165, 1.54) is 17.5 Å². The van der Waals surface area contributed by atoms with Gasteiger partial charge in [-0.2, -0.15) is 13.2 Å². The Morgan fingerprint density at radius 1 is 1.12 bits per heavy atom. The van der Waals surface area contributed by atoms with Crippen molar-refractivity contribution in [3.05, 3.63) is 58.5 Å². The molecule has 0 bridgehead atoms. The Balaban J connectivity index is 2.02. The second kappa shape index (κ2) is 9.47. The topological polar surface area (TPSA) is 64.0 Å². The van der Waals surface area contributed by atoms with E-state index < -0.39 is 27.6 Å². The molecule has 2 heterocycles. The Kier molecular flexibility index (Phi) is 7.36. The first-order chi connectivity index (χ1) is 15.6. The van der Waals surface area contributed by atoms with Crippen molar-refractivity contribution in [1.29, 1.82) is 0 Å². The third-order valence-electron chi connectivity index (χ3n) is 5.06. The SMILES string of the molecule is Cc1c(CC(C)C)sc(S(=O)(=O)NC(C)(C)C)c1-c1ccc(Cn2ccnc2C(F)(F)F)cc1. The summed E-state index contributed by atoms with van der Waals surface area (Å²) in [6.07, 6.45) is -1.36. The normalized spacial score (nSPS) is 13.1. The van der Waals surface area contributed by atoms with Crippen LogP contribution in [0.4, 0.5) is 13.2 Å². The van der Waals surface area contributed by atoms with Crippen LogP contribution in [-0.2, 0) is 29.2 Å². The summed E-state index contributed by atoms with van der Waals surface area (Å²) in [7, 11) is -3.78. The first kappa shape index (κ1) is 26.4. The Morgan fingerprint density at radius 3 is 2.26 bits per heavy atom. The Morgan fingerprint density at radius 2 is 1.74 bits per heavy atom. The van der Waals surface area contributed by atoms with Crippen LogP contribution in [0.15, 0.2) is 40.9 Å². The summed E-state index contributed by atoms with van der Waals surface area (Å²) >= 11 is 1.28. The van der Waals surface area contributed by atoms with E-state index in [1.807, 2.05) is 6.92 Å². The molecule has 2 aromatic heterocycles. The number of benzene rings is 1. The van der Waals surface area contributed by atoms with Gasteiger partial charge in [-0.3, -0.25) is 0 Å². The Labute approximate surface area is 203 Å². The quantitative estimate of drug-likeness (QED) is 0.405. The summed E-state index contributed by atoms with van der Waals surface area (Å²) in [5.74, 6) is -0.595. The van der Waals surface area contributed by atoms with Crippen molar-refractivity contribution >= 4 is 21.4 Å². The third kappa shape index (κ3) is 6.09. The zero-order valence-corrected chi connectivity index (χ0v) is 21.7. The van der Waals surface area contributed by atoms with Gasteiger partial charge in [0.15, 0.2) is 0 Å². The van der Waals surface area contributed by atoms with Crippen LogP contribution in [0, 0.1) is 12.8 Å². The molecule has 0 aliphatic rings. The van der Waals surface area contributed by atoms with Crippen LogP contribution in [0.1, 0.15) is 56.4 Å². The number of rotatable bonds is 7. The van der Waals surface area contributed by atoms with E-state index in [0.29, 0.717) is 22.6 Å². The highest BCUT2D eigenvalue weighted by Crippen LogP contribution is 2.41. The van der Waals surface area contributed by atoms with Gasteiger partial charge >= 0.3 is 6.18 Å². The number of aromatic nitrogens is 2. The Bertz CT molecular complexity index is 1250. The minimum absolute atomic E-state index is 0.00702. The molecule has 0 saturated carbocycles. The molecule has 10 heteroatoms. The standard InChI is InChI=1S/C24H30F3N3O2S2/c1-15(2)13-19-16(3)20(21(33-19)34(31,32)29-23(4,5)6)18-9-7-17(8-10-18)14-30-12-11-28-22(30)24(25,26)27/h7-12,15,29H,13-14H2,1-6H3. The molecule has 0 aliphatic carbocycles. The lowest BCUT2D eigenvalue weighted by Gasteiger charge is -2.20. The van der Waals surface area contributed by atoms with Gasteiger partial charge in [0.25, 0.3) is 10.0 Å². The highest BCUT2D eigenvalue weighted by atomic mass is 32.2. The number of alkyl halides is 3. The van der Waals surface area contributed by atoms with E-state index in [2.05, 4.69) is 23.6 Å². The van der Waals surface area contributed by atoms with E-state index in [4.69, 9.17) is 0 Å². The largest absolute Gasteiger partial charge is 0.449 e. The highest BCUT2D eigenvalue weighted by molar-refractivity contribution is 7.91. The number of thiophene rings is 1. The summed E-state index contributed by atoms with van der Waals surface area (Å²) in [6, 6.07) is 6.98. The van der Waals surface area contributed by atoms with Crippen LogP contribution >= 0.6 is 11.3 Å². The molecular weight excluding hydrogens is 483 g/mol. The number of hydrogen-bond acceptors (Lipinski definition) is 4. The van der Waals surface area contributed by atoms with E-state index in [9.17, 15) is 21.6 Å². The van der Waals surface area contributed by atoms with Crippen molar-refractivity contribution in [1.82, 2.24) is 14.3 Å². The van der Waals surface area contributed by atoms with Crippen LogP contribution in [0.3, 0.4) is 0 Å². The second-order valence-electron chi connectivity index (χ2n) is 9.84. The van der Waals surface area contributed by atoms with E-state index in [-0.39, 0.29) is 10.8 Å². The van der Waals surface area contributed by atoms with Gasteiger partial charge in [-0.25, -0.2) is 18.1 Å². The molecule has 186 valence electrons. The van der Waals surface area contributed by atoms with Gasteiger partial charge < -0.3 is 4.57 Å². The number of nitrogens with zero attached hydrogens (tertiary/aromatic N) is 2. The van der Waals surface area contributed by atoms with Gasteiger partial charge in [-0.05, 0) is 56.7 Å². The van der Waals surface area contributed by atoms with Crippen molar-refractivity contribution in [2.45, 2.75) is 70.4 Å². The van der Waals surface area contributed by atoms with Crippen molar-refractivity contribution in [3.8, 4) is 11.1 Å². The molecule has 0 amide bonds. The van der Waals surface area contributed by atoms with Crippen molar-refractivity contribution in [2.75, 3.05) is 0 Å². The zero-order chi connectivity index (χ0) is 25.5. The maximum atomic E-state index is 13.3. The first-order valence-electron chi connectivity index (χ1n) is 10.9. The monoisotopic (exact) mass is 513 g/mol. The van der Waals surface area contributed by atoms with Crippen LogP contribution < -0.4 is 4.72 Å². The molecule has 0 aliphatic heterocycles. The molecule has 0 fully saturated rings. The fraction of sp³-hybridized carbons (Fsp3) is 0.458. The van der Waals surface area contributed by atoms with Crippen molar-refractivity contribution < 1.29 is 21.6 Å². The summed E-state index contributed by atoms with van der Waals surface area (Å²) in [5, 5.41) is 0. The average Bonchev–Trinajstić information content (AvgIpc) is 3.26. The maximum Gasteiger partial charge on any atom is 0.449 e. The summed E-state index contributed by atoms with van der Waals surface area (Å²) in [6.45, 7) is 11.5. The molecule has 0 unspecified atom stereocenters. The second-order valence-corrected chi connectivity index (χ2v) is 12.8. The van der Waals surface area contributed by atoms with Crippen LogP contribution in [0.25, 0.3) is 11.1 Å². The molecule has 0 radical (unpaired) electrons. The summed E-state index contributed by atoms with van der Waals surface area (Å²) in [5.41, 5.74) is 2.28. The van der Waals surface area contributed by atoms with Gasteiger partial charge in [0.1, 0.15) is 4.21 Å². The van der Waals surface area contributed by atoms with E-state index in [1.54, 1.807) is 45.0 Å². The average molecular weight is 514 g/mol. The lowest BCUT2D eigenvalue weighted by molar-refractivity contribution is -0.147. The molecule has 3 aromatic rings. The van der Waals surface area contributed by atoms with Crippen molar-refractivity contribution in [2.24, 2.45) is 5.92 Å². The number of nitrogens with one attached hydrogen (secondary N) is 1. The molecule has 1 aromatic carbocycles. The number of imidazole rings is 1. The highest BCUT2D eigenvalue weighted by Gasteiger charge is 2.36. The number of sulfonamides is 1. The van der Waals surface area contributed by atoms with E-state index >= 15 is 0 Å². The predicted octanol–water partition coefficient (Wildman–Crippen LogP) is 6.26. The minimum atomic E-state index is -4.53. The molecule has 34 heavy (non-hydrogen) atoms.